The maximum absolute atomic E-state index is 14.5. The zero-order valence-electron chi connectivity index (χ0n) is 25.1. The van der Waals surface area contributed by atoms with Crippen LogP contribution in [-0.2, 0) is 31.9 Å². The molecule has 1 aromatic heterocycles. The number of benzene rings is 1. The number of nitrogens with two attached hydrogens (primary N) is 1. The summed E-state index contributed by atoms with van der Waals surface area (Å²) in [5.74, 6) is -0.807. The summed E-state index contributed by atoms with van der Waals surface area (Å²) in [6.45, 7) is 8.73. The molecular formula is C31H42FN5O5. The van der Waals surface area contributed by atoms with Crippen LogP contribution in [0.3, 0.4) is 0 Å². The van der Waals surface area contributed by atoms with Crippen molar-refractivity contribution >= 4 is 23.9 Å². The van der Waals surface area contributed by atoms with Gasteiger partial charge in [0.2, 0.25) is 0 Å². The minimum Gasteiger partial charge on any atom is -0.494 e. The number of carbonyl (C=O) groups excluding carboxylic acids is 2. The molecule has 2 aromatic rings. The largest absolute Gasteiger partial charge is 0.494 e. The first-order valence-corrected chi connectivity index (χ1v) is 14.2. The third-order valence-corrected chi connectivity index (χ3v) is 6.48. The molecule has 42 heavy (non-hydrogen) atoms. The number of anilines is 1. The number of nitrogens with one attached hydrogen (secondary N) is 2. The van der Waals surface area contributed by atoms with Crippen LogP contribution in [0.2, 0.25) is 0 Å². The molecule has 0 bridgehead atoms. The number of pyridine rings is 1. The Morgan fingerprint density at radius 2 is 2.05 bits per heavy atom. The Balaban J connectivity index is 1.82. The number of nitrogens with zero attached hydrogens (tertiary/aromatic N) is 2. The number of aryl methyl sites for hydroxylation is 1. The van der Waals surface area contributed by atoms with Crippen molar-refractivity contribution in [1.29, 1.82) is 0 Å². The van der Waals surface area contributed by atoms with Gasteiger partial charge >= 0.3 is 5.97 Å². The average molecular weight is 584 g/mol. The highest BCUT2D eigenvalue weighted by Crippen LogP contribution is 2.25. The number of aromatic nitrogens is 1. The molecule has 10 nitrogen and oxygen atoms in total. The van der Waals surface area contributed by atoms with Crippen LogP contribution in [0.5, 0.6) is 5.75 Å². The van der Waals surface area contributed by atoms with Crippen LogP contribution in [0.1, 0.15) is 63.4 Å². The fourth-order valence-electron chi connectivity index (χ4n) is 4.28. The topological polar surface area (TPSA) is 137 Å². The predicted molar refractivity (Wildman–Crippen MR) is 160 cm³/mol. The molecule has 1 amide bonds. The Kier molecular flexibility index (Phi) is 11.8. The lowest BCUT2D eigenvalue weighted by Gasteiger charge is -2.22. The quantitative estimate of drug-likeness (QED) is 0.183. The first-order valence-electron chi connectivity index (χ1n) is 14.2. The van der Waals surface area contributed by atoms with Crippen molar-refractivity contribution in [3.05, 3.63) is 64.2 Å². The fraction of sp³-hybridized carbons (Fsp3) is 0.484. The van der Waals surface area contributed by atoms with Crippen LogP contribution in [0.25, 0.3) is 0 Å². The summed E-state index contributed by atoms with van der Waals surface area (Å²) in [7, 11) is 1.35. The normalized spacial score (nSPS) is 14.4. The standard InChI is InChI=1S/C31H42FN5O5/c1-6-41-28(38)17-26(21-10-12-27(40-5)24(32)16-21)37-30(39)23(25(33)19-42-31(2,3)4)18-34-15-13-22-11-9-20-8-7-14-35-29(20)36-22/h9-12,16,18,26H,6-8,13-15,17,19,33H2,1-5H3,(H,35,36)(H,37,39)/t26-/m0/s1. The number of hydrogen-bond donors (Lipinski definition) is 3. The molecule has 0 spiro atoms. The molecule has 11 heteroatoms. The highest BCUT2D eigenvalue weighted by molar-refractivity contribution is 6.13. The smallest absolute Gasteiger partial charge is 0.308 e. The minimum atomic E-state index is -0.899. The van der Waals surface area contributed by atoms with Crippen LogP contribution < -0.4 is 21.1 Å². The first-order chi connectivity index (χ1) is 20.0. The number of halogens is 1. The van der Waals surface area contributed by atoms with Gasteiger partial charge in [0.1, 0.15) is 5.82 Å². The molecule has 4 N–H and O–H groups in total. The molecule has 0 unspecified atom stereocenters. The molecule has 0 saturated heterocycles. The number of fused-ring (bicyclic) bond motifs is 1. The van der Waals surface area contributed by atoms with E-state index in [1.807, 2.05) is 26.8 Å². The number of carbonyl (C=O) groups is 2. The van der Waals surface area contributed by atoms with E-state index in [0.717, 1.165) is 30.9 Å². The Bertz CT molecular complexity index is 1310. The molecule has 1 aliphatic heterocycles. The van der Waals surface area contributed by atoms with Crippen LogP contribution in [0, 0.1) is 5.82 Å². The zero-order valence-corrected chi connectivity index (χ0v) is 25.1. The molecule has 3 rings (SSSR count). The van der Waals surface area contributed by atoms with Crippen molar-refractivity contribution in [2.75, 3.05) is 38.7 Å². The number of amides is 1. The van der Waals surface area contributed by atoms with Gasteiger partial charge < -0.3 is 30.6 Å². The highest BCUT2D eigenvalue weighted by Gasteiger charge is 2.24. The van der Waals surface area contributed by atoms with Gasteiger partial charge in [-0.2, -0.15) is 0 Å². The van der Waals surface area contributed by atoms with Crippen LogP contribution in [-0.4, -0.2) is 62.1 Å². The lowest BCUT2D eigenvalue weighted by Crippen LogP contribution is -2.34. The number of esters is 1. The molecule has 1 aliphatic rings. The van der Waals surface area contributed by atoms with Crippen molar-refractivity contribution < 1.29 is 28.2 Å². The van der Waals surface area contributed by atoms with Crippen molar-refractivity contribution in [1.82, 2.24) is 10.3 Å². The number of ether oxygens (including phenoxy) is 3. The maximum Gasteiger partial charge on any atom is 0.308 e. The summed E-state index contributed by atoms with van der Waals surface area (Å²) in [4.78, 5) is 35.1. The number of rotatable bonds is 13. The molecular weight excluding hydrogens is 541 g/mol. The Labute approximate surface area is 246 Å². The molecule has 1 aromatic carbocycles. The molecule has 1 atom stereocenters. The van der Waals surface area contributed by atoms with Gasteiger partial charge in [-0.25, -0.2) is 9.37 Å². The van der Waals surface area contributed by atoms with Crippen molar-refractivity contribution in [2.45, 2.75) is 65.0 Å². The average Bonchev–Trinajstić information content (AvgIpc) is 2.95. The van der Waals surface area contributed by atoms with E-state index in [4.69, 9.17) is 19.9 Å². The summed E-state index contributed by atoms with van der Waals surface area (Å²) >= 11 is 0. The van der Waals surface area contributed by atoms with E-state index in [-0.39, 0.29) is 36.7 Å². The van der Waals surface area contributed by atoms with E-state index < -0.39 is 29.3 Å². The van der Waals surface area contributed by atoms with E-state index in [1.54, 1.807) is 13.0 Å². The van der Waals surface area contributed by atoms with E-state index in [9.17, 15) is 14.0 Å². The summed E-state index contributed by atoms with van der Waals surface area (Å²) in [6, 6.07) is 7.40. The van der Waals surface area contributed by atoms with E-state index in [1.165, 1.54) is 31.0 Å². The molecule has 2 heterocycles. The number of methoxy groups -OCH3 is 1. The van der Waals surface area contributed by atoms with Crippen LogP contribution >= 0.6 is 0 Å². The van der Waals surface area contributed by atoms with Crippen LogP contribution in [0.4, 0.5) is 10.2 Å². The summed E-state index contributed by atoms with van der Waals surface area (Å²) < 4.78 is 30.4. The van der Waals surface area contributed by atoms with Crippen molar-refractivity contribution in [3.8, 4) is 5.75 Å². The van der Waals surface area contributed by atoms with Gasteiger partial charge in [0.05, 0.1) is 44.0 Å². The molecule has 0 fully saturated rings. The summed E-state index contributed by atoms with van der Waals surface area (Å²) in [6.07, 6.45) is 3.85. The Hall–Kier alpha value is -3.99. The zero-order chi connectivity index (χ0) is 30.7. The van der Waals surface area contributed by atoms with Crippen LogP contribution in [0.15, 0.2) is 46.6 Å². The van der Waals surface area contributed by atoms with Crippen molar-refractivity contribution in [2.24, 2.45) is 10.7 Å². The van der Waals surface area contributed by atoms with Gasteiger partial charge in [0, 0.05) is 37.1 Å². The van der Waals surface area contributed by atoms with Gasteiger partial charge in [0.15, 0.2) is 11.6 Å². The highest BCUT2D eigenvalue weighted by atomic mass is 19.1. The van der Waals surface area contributed by atoms with Gasteiger partial charge in [-0.3, -0.25) is 14.6 Å². The molecule has 228 valence electrons. The second-order valence-electron chi connectivity index (χ2n) is 10.9. The maximum atomic E-state index is 14.5. The van der Waals surface area contributed by atoms with E-state index in [0.29, 0.717) is 18.5 Å². The van der Waals surface area contributed by atoms with Crippen molar-refractivity contribution in [3.63, 3.8) is 0 Å². The van der Waals surface area contributed by atoms with Gasteiger partial charge in [-0.1, -0.05) is 12.1 Å². The van der Waals surface area contributed by atoms with Gasteiger partial charge in [-0.05, 0) is 69.9 Å². The molecule has 0 aliphatic carbocycles. The van der Waals surface area contributed by atoms with E-state index in [2.05, 4.69) is 26.7 Å². The molecule has 0 saturated carbocycles. The number of hydrogen-bond acceptors (Lipinski definition) is 9. The SMILES string of the molecule is CCOC(=O)C[C@H](NC(=O)C(C=NCCc1ccc2c(n1)NCCC2)=C(N)COC(C)(C)C)c1ccc(OC)c(F)c1. The Morgan fingerprint density at radius 1 is 1.26 bits per heavy atom. The third-order valence-electron chi connectivity index (χ3n) is 6.48. The second-order valence-corrected chi connectivity index (χ2v) is 10.9. The minimum absolute atomic E-state index is 0.0178. The van der Waals surface area contributed by atoms with Gasteiger partial charge in [-0.15, -0.1) is 0 Å². The van der Waals surface area contributed by atoms with E-state index >= 15 is 0 Å². The second kappa shape index (κ2) is 15.3. The van der Waals surface area contributed by atoms with Gasteiger partial charge in [0.25, 0.3) is 5.91 Å². The summed E-state index contributed by atoms with van der Waals surface area (Å²) in [5, 5.41) is 6.13. The predicted octanol–water partition coefficient (Wildman–Crippen LogP) is 4.04. The third kappa shape index (κ3) is 9.83. The number of aliphatic imine (C=N–C) groups is 1. The lowest BCUT2D eigenvalue weighted by molar-refractivity contribution is -0.143. The molecule has 0 radical (unpaired) electrons. The summed E-state index contributed by atoms with van der Waals surface area (Å²) in [5.41, 5.74) is 8.54. The fourth-order valence-corrected chi connectivity index (χ4v) is 4.28. The first kappa shape index (κ1) is 32.5. The Morgan fingerprint density at radius 3 is 2.74 bits per heavy atom. The lowest BCUT2D eigenvalue weighted by atomic mass is 10.0. The monoisotopic (exact) mass is 583 g/mol.